The van der Waals surface area contributed by atoms with Crippen LogP contribution >= 0.6 is 11.6 Å². The molecule has 1 N–H and O–H groups in total. The number of anilines is 2. The molecule has 2 aliphatic heterocycles. The van der Waals surface area contributed by atoms with Gasteiger partial charge in [-0.3, -0.25) is 9.80 Å². The minimum Gasteiger partial charge on any atom is -0.404 e. The van der Waals surface area contributed by atoms with Crippen molar-refractivity contribution in [2.24, 2.45) is 5.10 Å². The Morgan fingerprint density at radius 3 is 2.73 bits per heavy atom. The van der Waals surface area contributed by atoms with E-state index in [0.29, 0.717) is 11.6 Å². The summed E-state index contributed by atoms with van der Waals surface area (Å²) in [6.07, 6.45) is 0.748. The van der Waals surface area contributed by atoms with Crippen molar-refractivity contribution in [3.63, 3.8) is 0 Å². The smallest absolute Gasteiger partial charge is 0.309 e. The van der Waals surface area contributed by atoms with E-state index in [1.54, 1.807) is 0 Å². The largest absolute Gasteiger partial charge is 0.404 e. The van der Waals surface area contributed by atoms with Crippen LogP contribution < -0.4 is 10.3 Å². The number of rotatable bonds is 1. The van der Waals surface area contributed by atoms with Crippen molar-refractivity contribution in [3.8, 4) is 0 Å². The summed E-state index contributed by atoms with van der Waals surface area (Å²) in [5.41, 5.74) is 6.07. The second-order valence-corrected chi connectivity index (χ2v) is 6.91. The average Bonchev–Trinajstić information content (AvgIpc) is 2.60. The number of esters is 1. The number of carbonyl (C=O) groups excluding carboxylic acids is 1. The molecule has 2 aromatic carbocycles. The third kappa shape index (κ3) is 3.18. The van der Waals surface area contributed by atoms with Crippen LogP contribution in [0.3, 0.4) is 0 Å². The van der Waals surface area contributed by atoms with Crippen LogP contribution in [0.1, 0.15) is 18.1 Å². The van der Waals surface area contributed by atoms with Gasteiger partial charge in [0.25, 0.3) is 5.90 Å². The Balaban J connectivity index is 1.72. The van der Waals surface area contributed by atoms with Gasteiger partial charge in [-0.2, -0.15) is 0 Å². The Hall–Kier alpha value is -2.79. The van der Waals surface area contributed by atoms with E-state index in [4.69, 9.17) is 16.3 Å². The molecule has 0 radical (unpaired) electrons. The van der Waals surface area contributed by atoms with Gasteiger partial charge in [0.1, 0.15) is 5.70 Å². The summed E-state index contributed by atoms with van der Waals surface area (Å²) in [7, 11) is 0. The van der Waals surface area contributed by atoms with Gasteiger partial charge in [-0.05, 0) is 48.7 Å². The molecule has 0 aliphatic carbocycles. The summed E-state index contributed by atoms with van der Waals surface area (Å²) in [4.78, 5) is 11.6. The van der Waals surface area contributed by atoms with E-state index in [9.17, 15) is 4.79 Å². The molecule has 0 unspecified atom stereocenters. The molecule has 5 nitrogen and oxygen atoms in total. The molecule has 2 aromatic rings. The first kappa shape index (κ1) is 16.7. The highest BCUT2D eigenvalue weighted by molar-refractivity contribution is 6.31. The number of carbonyl (C=O) groups is 1. The lowest BCUT2D eigenvalue weighted by molar-refractivity contribution is -0.133. The summed E-state index contributed by atoms with van der Waals surface area (Å²) in [6.45, 7) is 4.04. The maximum Gasteiger partial charge on any atom is 0.309 e. The van der Waals surface area contributed by atoms with Gasteiger partial charge >= 0.3 is 5.97 Å². The Labute approximate surface area is 156 Å². The summed E-state index contributed by atoms with van der Waals surface area (Å²) >= 11 is 6.11. The molecule has 6 heteroatoms. The lowest BCUT2D eigenvalue weighted by Gasteiger charge is -2.32. The first-order valence-electron chi connectivity index (χ1n) is 8.38. The molecule has 0 bridgehead atoms. The number of nitrogens with one attached hydrogen (secondary N) is 1. The maximum atomic E-state index is 11.6. The fourth-order valence-corrected chi connectivity index (χ4v) is 3.32. The van der Waals surface area contributed by atoms with E-state index < -0.39 is 5.97 Å². The molecule has 0 aromatic heterocycles. The third-order valence-corrected chi connectivity index (χ3v) is 4.66. The van der Waals surface area contributed by atoms with E-state index >= 15 is 0 Å². The number of halogens is 1. The summed E-state index contributed by atoms with van der Waals surface area (Å²) in [5.74, 6) is -0.120. The van der Waals surface area contributed by atoms with Crippen LogP contribution in [-0.2, 0) is 16.0 Å². The molecular weight excluding hydrogens is 350 g/mol. The molecule has 2 aliphatic rings. The van der Waals surface area contributed by atoms with Crippen molar-refractivity contribution >= 4 is 34.8 Å². The Morgan fingerprint density at radius 1 is 1.23 bits per heavy atom. The number of ether oxygens (including phenoxy) is 1. The molecule has 0 amide bonds. The predicted molar refractivity (Wildman–Crippen MR) is 104 cm³/mol. The van der Waals surface area contributed by atoms with Crippen molar-refractivity contribution in [1.82, 2.24) is 0 Å². The van der Waals surface area contributed by atoms with Crippen LogP contribution in [0.15, 0.2) is 58.8 Å². The molecule has 2 heterocycles. The monoisotopic (exact) mass is 367 g/mol. The second kappa shape index (κ2) is 6.50. The van der Waals surface area contributed by atoms with Gasteiger partial charge in [0, 0.05) is 17.6 Å². The predicted octanol–water partition coefficient (Wildman–Crippen LogP) is 4.27. The number of nitrogens with zero attached hydrogens (tertiary/aromatic N) is 2. The van der Waals surface area contributed by atoms with Crippen molar-refractivity contribution in [2.75, 3.05) is 16.9 Å². The van der Waals surface area contributed by atoms with Crippen molar-refractivity contribution < 1.29 is 9.53 Å². The number of benzene rings is 2. The number of hydrogen-bond donors (Lipinski definition) is 1. The van der Waals surface area contributed by atoms with Crippen molar-refractivity contribution in [2.45, 2.75) is 20.3 Å². The minimum absolute atomic E-state index is 0.282. The number of hydrogen-bond acceptors (Lipinski definition) is 5. The normalized spacial score (nSPS) is 15.7. The average molecular weight is 368 g/mol. The zero-order chi connectivity index (χ0) is 18.3. The molecule has 0 atom stereocenters. The zero-order valence-corrected chi connectivity index (χ0v) is 15.3. The van der Waals surface area contributed by atoms with Crippen LogP contribution in [0.4, 0.5) is 11.4 Å². The van der Waals surface area contributed by atoms with Gasteiger partial charge in [-0.1, -0.05) is 35.4 Å². The number of fused-ring (bicyclic) bond motifs is 1. The topological polar surface area (TPSA) is 53.9 Å². The first-order chi connectivity index (χ1) is 12.5. The third-order valence-electron chi connectivity index (χ3n) is 4.43. The highest BCUT2D eigenvalue weighted by atomic mass is 35.5. The molecule has 0 saturated carbocycles. The van der Waals surface area contributed by atoms with E-state index in [1.807, 2.05) is 54.4 Å². The molecule has 26 heavy (non-hydrogen) atoms. The fourth-order valence-electron chi connectivity index (χ4n) is 3.15. The Bertz CT molecular complexity index is 948. The van der Waals surface area contributed by atoms with E-state index in [-0.39, 0.29) is 5.90 Å². The summed E-state index contributed by atoms with van der Waals surface area (Å²) < 4.78 is 5.40. The van der Waals surface area contributed by atoms with Crippen LogP contribution in [0.25, 0.3) is 0 Å². The minimum atomic E-state index is -0.403. The Morgan fingerprint density at radius 2 is 2.00 bits per heavy atom. The summed E-state index contributed by atoms with van der Waals surface area (Å²) in [5, 5.41) is 10.4. The molecule has 0 fully saturated rings. The SMILES string of the molecule is CC(=O)OC1=NN(c2ccc(C)cc2)CC2=C1Nc1cc(Cl)ccc1C2. The second-order valence-electron chi connectivity index (χ2n) is 6.47. The maximum absolute atomic E-state index is 11.6. The van der Waals surface area contributed by atoms with E-state index in [0.717, 1.165) is 34.6 Å². The zero-order valence-electron chi connectivity index (χ0n) is 14.5. The highest BCUT2D eigenvalue weighted by Crippen LogP contribution is 2.34. The van der Waals surface area contributed by atoms with Crippen molar-refractivity contribution in [3.05, 3.63) is 69.9 Å². The van der Waals surface area contributed by atoms with Gasteiger partial charge in [0.15, 0.2) is 0 Å². The van der Waals surface area contributed by atoms with Crippen molar-refractivity contribution in [1.29, 1.82) is 0 Å². The fraction of sp³-hybridized carbons (Fsp3) is 0.200. The molecule has 4 rings (SSSR count). The Kier molecular flexibility index (Phi) is 4.17. The van der Waals surface area contributed by atoms with Gasteiger partial charge in [-0.15, -0.1) is 5.10 Å². The number of hydrazone groups is 1. The van der Waals surface area contributed by atoms with Gasteiger partial charge in [0.2, 0.25) is 0 Å². The number of aryl methyl sites for hydroxylation is 1. The van der Waals surface area contributed by atoms with Gasteiger partial charge in [-0.25, -0.2) is 0 Å². The highest BCUT2D eigenvalue weighted by Gasteiger charge is 2.29. The quantitative estimate of drug-likeness (QED) is 0.765. The molecule has 0 saturated heterocycles. The van der Waals surface area contributed by atoms with Crippen LogP contribution in [0.5, 0.6) is 0 Å². The van der Waals surface area contributed by atoms with Gasteiger partial charge in [0.05, 0.1) is 12.2 Å². The van der Waals surface area contributed by atoms with Crippen LogP contribution in [-0.4, -0.2) is 18.4 Å². The standard InChI is InChI=1S/C20H18ClN3O2/c1-12-3-7-17(8-4-12)24-11-15-9-14-5-6-16(21)10-18(14)22-19(15)20(23-24)26-13(2)25/h3-8,10,22H,9,11H2,1-2H3. The first-order valence-corrected chi connectivity index (χ1v) is 8.76. The molecular formula is C20H18ClN3O2. The van der Waals surface area contributed by atoms with Crippen LogP contribution in [0, 0.1) is 6.92 Å². The van der Waals surface area contributed by atoms with Crippen LogP contribution in [0.2, 0.25) is 5.02 Å². The van der Waals surface area contributed by atoms with Gasteiger partial charge < -0.3 is 10.1 Å². The summed E-state index contributed by atoms with van der Waals surface area (Å²) in [6, 6.07) is 13.9. The molecule has 132 valence electrons. The lowest BCUT2D eigenvalue weighted by Crippen LogP contribution is -2.35. The molecule has 0 spiro atoms. The van der Waals surface area contributed by atoms with E-state index in [2.05, 4.69) is 10.4 Å². The lowest BCUT2D eigenvalue weighted by atomic mass is 9.96. The van der Waals surface area contributed by atoms with E-state index in [1.165, 1.54) is 12.5 Å².